The number of nitro groups is 1. The zero-order valence-corrected chi connectivity index (χ0v) is 18.2. The first kappa shape index (κ1) is 23.7. The molecule has 0 aliphatic rings. The first-order valence-corrected chi connectivity index (χ1v) is 9.49. The maximum atomic E-state index is 12.2. The minimum Gasteiger partial charge on any atom is -0.355 e. The molecule has 0 aliphatic heterocycles. The van der Waals surface area contributed by atoms with Gasteiger partial charge in [0.25, 0.3) is 5.69 Å². The predicted molar refractivity (Wildman–Crippen MR) is 116 cm³/mol. The summed E-state index contributed by atoms with van der Waals surface area (Å²) in [5, 5.41) is 16.8. The number of hydrogen-bond acceptors (Lipinski definition) is 6. The lowest BCUT2D eigenvalue weighted by Crippen LogP contribution is -2.41. The highest BCUT2D eigenvalue weighted by molar-refractivity contribution is 14.0. The van der Waals surface area contributed by atoms with Gasteiger partial charge in [-0.15, -0.1) is 24.0 Å². The summed E-state index contributed by atoms with van der Waals surface area (Å²) < 4.78 is 26.8. The van der Waals surface area contributed by atoms with Gasteiger partial charge in [0.2, 0.25) is 10.0 Å². The summed E-state index contributed by atoms with van der Waals surface area (Å²) in [6.45, 7) is 0.825. The molecule has 0 unspecified atom stereocenters. The number of sulfonamides is 1. The molecule has 0 saturated heterocycles. The van der Waals surface area contributed by atoms with Crippen LogP contribution in [-0.2, 0) is 16.6 Å². The Morgan fingerprint density at radius 2 is 1.96 bits per heavy atom. The Bertz CT molecular complexity index is 908. The highest BCUT2D eigenvalue weighted by Crippen LogP contribution is 2.16. The molecule has 2 aromatic rings. The van der Waals surface area contributed by atoms with Crippen LogP contribution < -0.4 is 15.4 Å². The van der Waals surface area contributed by atoms with Crippen molar-refractivity contribution in [2.75, 3.05) is 20.1 Å². The van der Waals surface area contributed by atoms with Gasteiger partial charge in [0.05, 0.1) is 22.1 Å². The van der Waals surface area contributed by atoms with Crippen molar-refractivity contribution in [2.45, 2.75) is 11.4 Å². The molecule has 0 aliphatic carbocycles. The van der Waals surface area contributed by atoms with Crippen LogP contribution in [0.3, 0.4) is 0 Å². The Balaban J connectivity index is 0.00000392. The van der Waals surface area contributed by atoms with E-state index < -0.39 is 14.9 Å². The molecule has 0 atom stereocenters. The molecule has 3 N–H and O–H groups in total. The monoisotopic (exact) mass is 520 g/mol. The molecular weight excluding hydrogens is 499 g/mol. The molecule has 0 bridgehead atoms. The predicted octanol–water partition coefficient (Wildman–Crippen LogP) is 1.25. The van der Waals surface area contributed by atoms with Crippen LogP contribution in [0.2, 0.25) is 0 Å². The molecule has 28 heavy (non-hydrogen) atoms. The van der Waals surface area contributed by atoms with Gasteiger partial charge in [-0.25, -0.2) is 13.1 Å². The molecule has 1 heterocycles. The molecule has 0 fully saturated rings. The molecule has 1 aromatic carbocycles. The average molecular weight is 520 g/mol. The van der Waals surface area contributed by atoms with Crippen LogP contribution in [0, 0.1) is 10.1 Å². The maximum Gasteiger partial charge on any atom is 0.270 e. The van der Waals surface area contributed by atoms with Crippen LogP contribution >= 0.6 is 24.0 Å². The van der Waals surface area contributed by atoms with Crippen LogP contribution in [0.25, 0.3) is 0 Å². The minimum atomic E-state index is -3.84. The van der Waals surface area contributed by atoms with E-state index in [4.69, 9.17) is 0 Å². The van der Waals surface area contributed by atoms with E-state index in [0.717, 1.165) is 11.8 Å². The topological polar surface area (TPSA) is 139 Å². The van der Waals surface area contributed by atoms with E-state index in [-0.39, 0.29) is 47.6 Å². The van der Waals surface area contributed by atoms with Gasteiger partial charge in [0.15, 0.2) is 5.96 Å². The fourth-order valence-corrected chi connectivity index (χ4v) is 3.18. The number of aliphatic imine (C=N–C) groups is 1. The Hall–Kier alpha value is -2.32. The number of guanidine groups is 1. The van der Waals surface area contributed by atoms with Gasteiger partial charge >= 0.3 is 0 Å². The van der Waals surface area contributed by atoms with Gasteiger partial charge in [-0.1, -0.05) is 12.1 Å². The zero-order valence-electron chi connectivity index (χ0n) is 15.0. The number of aromatic nitrogens is 1. The van der Waals surface area contributed by atoms with Crippen molar-refractivity contribution < 1.29 is 13.3 Å². The van der Waals surface area contributed by atoms with Crippen molar-refractivity contribution in [2.24, 2.45) is 4.99 Å². The summed E-state index contributed by atoms with van der Waals surface area (Å²) >= 11 is 0. The van der Waals surface area contributed by atoms with Crippen molar-refractivity contribution in [3.8, 4) is 0 Å². The third kappa shape index (κ3) is 7.36. The quantitative estimate of drug-likeness (QED) is 0.119. The van der Waals surface area contributed by atoms with Crippen LogP contribution in [0.15, 0.2) is 58.5 Å². The summed E-state index contributed by atoms with van der Waals surface area (Å²) in [4.78, 5) is 18.2. The Kier molecular flexibility index (Phi) is 9.75. The van der Waals surface area contributed by atoms with Crippen LogP contribution in [0.4, 0.5) is 5.69 Å². The van der Waals surface area contributed by atoms with Crippen molar-refractivity contribution in [1.29, 1.82) is 0 Å². The number of hydrogen-bond donors (Lipinski definition) is 3. The maximum absolute atomic E-state index is 12.2. The van der Waals surface area contributed by atoms with Gasteiger partial charge in [-0.3, -0.25) is 20.1 Å². The van der Waals surface area contributed by atoms with E-state index in [1.54, 1.807) is 13.2 Å². The van der Waals surface area contributed by atoms with Crippen LogP contribution in [0.1, 0.15) is 5.69 Å². The van der Waals surface area contributed by atoms with E-state index in [2.05, 4.69) is 25.3 Å². The third-order valence-corrected chi connectivity index (χ3v) is 4.89. The van der Waals surface area contributed by atoms with Crippen molar-refractivity contribution in [1.82, 2.24) is 20.3 Å². The second kappa shape index (κ2) is 11.5. The van der Waals surface area contributed by atoms with E-state index >= 15 is 0 Å². The number of pyridine rings is 1. The molecule has 12 heteroatoms. The molecule has 0 saturated carbocycles. The van der Waals surface area contributed by atoms with Gasteiger partial charge in [0, 0.05) is 38.5 Å². The average Bonchev–Trinajstić information content (AvgIpc) is 2.68. The second-order valence-corrected chi connectivity index (χ2v) is 7.09. The normalized spacial score (nSPS) is 11.4. The molecular formula is C16H21IN6O4S. The first-order chi connectivity index (χ1) is 12.9. The Labute approximate surface area is 180 Å². The SMILES string of the molecule is CN=C(NCCNS(=O)(=O)c1cccc([N+](=O)[O-])c1)NCc1ccccn1.I. The number of nitro benzene ring substituents is 1. The zero-order chi connectivity index (χ0) is 19.7. The lowest BCUT2D eigenvalue weighted by Gasteiger charge is -2.12. The van der Waals surface area contributed by atoms with E-state index in [9.17, 15) is 18.5 Å². The summed E-state index contributed by atoms with van der Waals surface area (Å²) in [5.41, 5.74) is 0.557. The second-order valence-electron chi connectivity index (χ2n) is 5.33. The Morgan fingerprint density at radius 1 is 1.18 bits per heavy atom. The van der Waals surface area contributed by atoms with E-state index in [1.165, 1.54) is 18.2 Å². The standard InChI is InChI=1S/C16H20N6O4S.HI/c1-17-16(20-12-13-5-2-3-8-18-13)19-9-10-21-27(25,26)15-7-4-6-14(11-15)22(23)24;/h2-8,11,21H,9-10,12H2,1H3,(H2,17,19,20);1H. The number of nitrogens with one attached hydrogen (secondary N) is 3. The number of rotatable bonds is 8. The highest BCUT2D eigenvalue weighted by atomic mass is 127. The smallest absolute Gasteiger partial charge is 0.270 e. The van der Waals surface area contributed by atoms with Crippen LogP contribution in [0.5, 0.6) is 0 Å². The molecule has 1 aromatic heterocycles. The van der Waals surface area contributed by atoms with Crippen LogP contribution in [-0.4, -0.2) is 44.4 Å². The molecule has 10 nitrogen and oxygen atoms in total. The van der Waals surface area contributed by atoms with Gasteiger partial charge in [-0.05, 0) is 18.2 Å². The first-order valence-electron chi connectivity index (χ1n) is 8.01. The fourth-order valence-electron chi connectivity index (χ4n) is 2.11. The summed E-state index contributed by atoms with van der Waals surface area (Å²) in [5.74, 6) is 0.496. The van der Waals surface area contributed by atoms with Crippen molar-refractivity contribution in [3.05, 3.63) is 64.5 Å². The summed E-state index contributed by atoms with van der Waals surface area (Å²) in [7, 11) is -2.24. The fraction of sp³-hybridized carbons (Fsp3) is 0.250. The number of benzene rings is 1. The lowest BCUT2D eigenvalue weighted by atomic mass is 10.3. The van der Waals surface area contributed by atoms with Gasteiger partial charge in [0.1, 0.15) is 0 Å². The number of halogens is 1. The van der Waals surface area contributed by atoms with Crippen molar-refractivity contribution >= 4 is 45.6 Å². The van der Waals surface area contributed by atoms with Crippen molar-refractivity contribution in [3.63, 3.8) is 0 Å². The molecule has 2 rings (SSSR count). The minimum absolute atomic E-state index is 0. The molecule has 0 spiro atoms. The van der Waals surface area contributed by atoms with Gasteiger partial charge < -0.3 is 10.6 Å². The lowest BCUT2D eigenvalue weighted by molar-refractivity contribution is -0.385. The molecule has 0 amide bonds. The van der Waals surface area contributed by atoms with E-state index in [0.29, 0.717) is 12.5 Å². The Morgan fingerprint density at radius 3 is 2.61 bits per heavy atom. The summed E-state index contributed by atoms with van der Waals surface area (Å²) in [6, 6.07) is 10.5. The van der Waals surface area contributed by atoms with E-state index in [1.807, 2.05) is 18.2 Å². The molecule has 152 valence electrons. The summed E-state index contributed by atoms with van der Waals surface area (Å²) in [6.07, 6.45) is 1.69. The highest BCUT2D eigenvalue weighted by Gasteiger charge is 2.17. The third-order valence-electron chi connectivity index (χ3n) is 3.43. The largest absolute Gasteiger partial charge is 0.355 e. The van der Waals surface area contributed by atoms with Gasteiger partial charge in [-0.2, -0.15) is 0 Å². The number of nitrogens with zero attached hydrogens (tertiary/aromatic N) is 3. The molecule has 0 radical (unpaired) electrons. The number of non-ortho nitro benzene ring substituents is 1.